The summed E-state index contributed by atoms with van der Waals surface area (Å²) in [5.41, 5.74) is 0.978. The van der Waals surface area contributed by atoms with Gasteiger partial charge in [-0.3, -0.25) is 0 Å². The minimum Gasteiger partial charge on any atom is -0.489 e. The second-order valence-electron chi connectivity index (χ2n) is 3.94. The summed E-state index contributed by atoms with van der Waals surface area (Å²) in [5, 5.41) is 3.18. The van der Waals surface area contributed by atoms with E-state index in [9.17, 15) is 4.39 Å². The van der Waals surface area contributed by atoms with E-state index in [2.05, 4.69) is 10.3 Å². The van der Waals surface area contributed by atoms with Crippen LogP contribution in [-0.4, -0.2) is 11.5 Å². The van der Waals surface area contributed by atoms with E-state index in [0.29, 0.717) is 12.4 Å². The van der Waals surface area contributed by atoms with Crippen LogP contribution in [0, 0.1) is 5.82 Å². The lowest BCUT2D eigenvalue weighted by atomic mass is 10.2. The highest BCUT2D eigenvalue weighted by molar-refractivity contribution is 6.30. The van der Waals surface area contributed by atoms with Gasteiger partial charge in [0.2, 0.25) is 0 Å². The van der Waals surface area contributed by atoms with Crippen LogP contribution in [0.25, 0.3) is 0 Å². The molecule has 0 saturated carbocycles. The van der Waals surface area contributed by atoms with Crippen molar-refractivity contribution in [2.45, 2.75) is 13.5 Å². The van der Waals surface area contributed by atoms with E-state index in [-0.39, 0.29) is 5.02 Å². The third-order valence-corrected chi connectivity index (χ3v) is 2.77. The van der Waals surface area contributed by atoms with Gasteiger partial charge >= 0.3 is 0 Å². The van der Waals surface area contributed by atoms with E-state index in [1.807, 2.05) is 19.1 Å². The maximum atomic E-state index is 13.0. The lowest BCUT2D eigenvalue weighted by Gasteiger charge is -2.08. The van der Waals surface area contributed by atoms with Crippen LogP contribution in [0.4, 0.5) is 10.2 Å². The Kier molecular flexibility index (Phi) is 4.58. The van der Waals surface area contributed by atoms with Gasteiger partial charge in [0.25, 0.3) is 0 Å². The van der Waals surface area contributed by atoms with Crippen LogP contribution in [-0.2, 0) is 6.61 Å². The fourth-order valence-corrected chi connectivity index (χ4v) is 1.75. The number of nitrogens with one attached hydrogen (secondary N) is 1. The Morgan fingerprint density at radius 3 is 2.89 bits per heavy atom. The summed E-state index contributed by atoms with van der Waals surface area (Å²) >= 11 is 5.69. The van der Waals surface area contributed by atoms with Gasteiger partial charge in [-0.1, -0.05) is 11.6 Å². The van der Waals surface area contributed by atoms with Gasteiger partial charge in [-0.05, 0) is 36.8 Å². The van der Waals surface area contributed by atoms with E-state index in [4.69, 9.17) is 16.3 Å². The van der Waals surface area contributed by atoms with Crippen molar-refractivity contribution >= 4 is 17.4 Å². The highest BCUT2D eigenvalue weighted by Gasteiger charge is 2.02. The molecule has 1 aromatic carbocycles. The molecule has 1 aromatic heterocycles. The van der Waals surface area contributed by atoms with Crippen molar-refractivity contribution in [3.8, 4) is 5.75 Å². The number of nitrogens with zero attached hydrogens (tertiary/aromatic N) is 1. The molecule has 0 fully saturated rings. The largest absolute Gasteiger partial charge is 0.489 e. The number of halogens is 2. The highest BCUT2D eigenvalue weighted by Crippen LogP contribution is 2.22. The van der Waals surface area contributed by atoms with Crippen molar-refractivity contribution in [3.05, 3.63) is 52.9 Å². The average molecular weight is 281 g/mol. The average Bonchev–Trinajstić information content (AvgIpc) is 2.41. The Morgan fingerprint density at radius 2 is 2.16 bits per heavy atom. The summed E-state index contributed by atoms with van der Waals surface area (Å²) in [6.07, 6.45) is 1.72. The molecule has 5 heteroatoms. The predicted octanol–water partition coefficient (Wildman–Crippen LogP) is 3.88. The lowest BCUT2D eigenvalue weighted by molar-refractivity contribution is 0.305. The Hall–Kier alpha value is -1.81. The molecular formula is C14H14ClFN2O. The SMILES string of the molecule is CCNc1cc(COc2ccc(F)c(Cl)c2)ccn1. The van der Waals surface area contributed by atoms with Crippen LogP contribution in [0.15, 0.2) is 36.5 Å². The van der Waals surface area contributed by atoms with Crippen LogP contribution >= 0.6 is 11.6 Å². The molecule has 3 nitrogen and oxygen atoms in total. The van der Waals surface area contributed by atoms with E-state index in [1.54, 1.807) is 12.3 Å². The van der Waals surface area contributed by atoms with E-state index < -0.39 is 5.82 Å². The first-order valence-corrected chi connectivity index (χ1v) is 6.33. The first-order chi connectivity index (χ1) is 9.19. The summed E-state index contributed by atoms with van der Waals surface area (Å²) in [6.45, 7) is 3.19. The first kappa shape index (κ1) is 13.6. The molecule has 0 atom stereocenters. The Balaban J connectivity index is 2.01. The topological polar surface area (TPSA) is 34.1 Å². The molecule has 0 unspecified atom stereocenters. The van der Waals surface area contributed by atoms with Crippen molar-refractivity contribution in [1.82, 2.24) is 4.98 Å². The van der Waals surface area contributed by atoms with Gasteiger partial charge in [0, 0.05) is 18.8 Å². The molecule has 2 rings (SSSR count). The Labute approximate surface area is 116 Å². The van der Waals surface area contributed by atoms with Crippen LogP contribution in [0.2, 0.25) is 5.02 Å². The third kappa shape index (κ3) is 3.83. The Morgan fingerprint density at radius 1 is 1.32 bits per heavy atom. The van der Waals surface area contributed by atoms with Gasteiger partial charge in [-0.15, -0.1) is 0 Å². The molecule has 1 heterocycles. The minimum atomic E-state index is -0.452. The summed E-state index contributed by atoms with van der Waals surface area (Å²) in [4.78, 5) is 4.17. The van der Waals surface area contributed by atoms with Gasteiger partial charge in [0.1, 0.15) is 24.0 Å². The monoisotopic (exact) mass is 280 g/mol. The van der Waals surface area contributed by atoms with Crippen molar-refractivity contribution in [2.24, 2.45) is 0 Å². The molecular weight excluding hydrogens is 267 g/mol. The molecule has 0 radical (unpaired) electrons. The van der Waals surface area contributed by atoms with E-state index in [1.165, 1.54) is 12.1 Å². The maximum Gasteiger partial charge on any atom is 0.142 e. The molecule has 0 spiro atoms. The van der Waals surface area contributed by atoms with Gasteiger partial charge in [0.05, 0.1) is 5.02 Å². The van der Waals surface area contributed by atoms with Gasteiger partial charge < -0.3 is 10.1 Å². The number of hydrogen-bond donors (Lipinski definition) is 1. The van der Waals surface area contributed by atoms with Crippen LogP contribution in [0.5, 0.6) is 5.75 Å². The van der Waals surface area contributed by atoms with Crippen molar-refractivity contribution in [3.63, 3.8) is 0 Å². The number of rotatable bonds is 5. The smallest absolute Gasteiger partial charge is 0.142 e. The number of anilines is 1. The maximum absolute atomic E-state index is 13.0. The molecule has 0 saturated heterocycles. The van der Waals surface area contributed by atoms with Crippen LogP contribution < -0.4 is 10.1 Å². The molecule has 0 amide bonds. The number of benzene rings is 1. The molecule has 100 valence electrons. The summed E-state index contributed by atoms with van der Waals surface area (Å²) < 4.78 is 18.5. The third-order valence-electron chi connectivity index (χ3n) is 2.48. The van der Waals surface area contributed by atoms with E-state index >= 15 is 0 Å². The molecule has 0 aliphatic heterocycles. The minimum absolute atomic E-state index is 0.0561. The van der Waals surface area contributed by atoms with Gasteiger partial charge in [-0.25, -0.2) is 9.37 Å². The van der Waals surface area contributed by atoms with Crippen LogP contribution in [0.3, 0.4) is 0 Å². The number of hydrogen-bond acceptors (Lipinski definition) is 3. The summed E-state index contributed by atoms with van der Waals surface area (Å²) in [7, 11) is 0. The quantitative estimate of drug-likeness (QED) is 0.902. The Bertz CT molecular complexity index is 563. The van der Waals surface area contributed by atoms with Crippen LogP contribution in [0.1, 0.15) is 12.5 Å². The fourth-order valence-electron chi connectivity index (χ4n) is 1.58. The fraction of sp³-hybridized carbons (Fsp3) is 0.214. The number of ether oxygens (including phenoxy) is 1. The molecule has 0 bridgehead atoms. The lowest BCUT2D eigenvalue weighted by Crippen LogP contribution is -2.01. The molecule has 2 aromatic rings. The molecule has 1 N–H and O–H groups in total. The molecule has 0 aliphatic carbocycles. The van der Waals surface area contributed by atoms with Gasteiger partial charge in [-0.2, -0.15) is 0 Å². The van der Waals surface area contributed by atoms with Gasteiger partial charge in [0.15, 0.2) is 0 Å². The van der Waals surface area contributed by atoms with E-state index in [0.717, 1.165) is 17.9 Å². The molecule has 0 aliphatic rings. The molecule has 19 heavy (non-hydrogen) atoms. The second kappa shape index (κ2) is 6.38. The van der Waals surface area contributed by atoms with Crippen molar-refractivity contribution in [2.75, 3.05) is 11.9 Å². The number of aromatic nitrogens is 1. The highest BCUT2D eigenvalue weighted by atomic mass is 35.5. The summed E-state index contributed by atoms with van der Waals surface area (Å²) in [6, 6.07) is 8.08. The standard InChI is InChI=1S/C14H14ClFN2O/c1-2-17-14-7-10(5-6-18-14)9-19-11-3-4-13(16)12(15)8-11/h3-8H,2,9H2,1H3,(H,17,18). The second-order valence-corrected chi connectivity index (χ2v) is 4.35. The summed E-state index contributed by atoms with van der Waals surface area (Å²) in [5.74, 6) is 0.890. The normalized spacial score (nSPS) is 10.3. The first-order valence-electron chi connectivity index (χ1n) is 5.95. The van der Waals surface area contributed by atoms with Crippen molar-refractivity contribution in [1.29, 1.82) is 0 Å². The number of pyridine rings is 1. The zero-order chi connectivity index (χ0) is 13.7. The zero-order valence-corrected chi connectivity index (χ0v) is 11.2. The van der Waals surface area contributed by atoms with Crippen molar-refractivity contribution < 1.29 is 9.13 Å². The zero-order valence-electron chi connectivity index (χ0n) is 10.5. The predicted molar refractivity (Wildman–Crippen MR) is 74.1 cm³/mol.